The molecule has 0 saturated carbocycles. The van der Waals surface area contributed by atoms with Gasteiger partial charge in [0.2, 0.25) is 0 Å². The number of hydrogen-bond donors (Lipinski definition) is 3. The van der Waals surface area contributed by atoms with E-state index in [9.17, 15) is 9.59 Å². The zero-order valence-corrected chi connectivity index (χ0v) is 12.3. The highest BCUT2D eigenvalue weighted by atomic mass is 16.5. The normalized spacial score (nSPS) is 11.4. The Morgan fingerprint density at radius 1 is 1.29 bits per heavy atom. The Balaban J connectivity index is 2.79. The predicted molar refractivity (Wildman–Crippen MR) is 78.0 cm³/mol. The highest BCUT2D eigenvalue weighted by Crippen LogP contribution is 2.28. The maximum Gasteiger partial charge on any atom is 0.326 e. The Hall–Kier alpha value is -2.44. The summed E-state index contributed by atoms with van der Waals surface area (Å²) in [7, 11) is 2.98. The molecule has 1 aromatic carbocycles. The van der Waals surface area contributed by atoms with Crippen LogP contribution in [0.25, 0.3) is 0 Å². The fourth-order valence-corrected chi connectivity index (χ4v) is 1.77. The van der Waals surface area contributed by atoms with Crippen molar-refractivity contribution in [3.8, 4) is 11.5 Å². The molecule has 0 unspecified atom stereocenters. The van der Waals surface area contributed by atoms with Crippen molar-refractivity contribution in [1.82, 2.24) is 5.32 Å². The van der Waals surface area contributed by atoms with Crippen molar-refractivity contribution in [3.05, 3.63) is 18.2 Å². The van der Waals surface area contributed by atoms with Crippen molar-refractivity contribution in [2.45, 2.75) is 25.8 Å². The van der Waals surface area contributed by atoms with E-state index in [2.05, 4.69) is 10.6 Å². The van der Waals surface area contributed by atoms with Crippen molar-refractivity contribution < 1.29 is 24.2 Å². The minimum Gasteiger partial charge on any atom is -0.497 e. The van der Waals surface area contributed by atoms with E-state index in [0.717, 1.165) is 0 Å². The number of amides is 2. The van der Waals surface area contributed by atoms with Gasteiger partial charge in [-0.25, -0.2) is 9.59 Å². The molecular weight excluding hydrogens is 276 g/mol. The second-order valence-electron chi connectivity index (χ2n) is 4.34. The third-order valence-electron chi connectivity index (χ3n) is 2.84. The summed E-state index contributed by atoms with van der Waals surface area (Å²) in [6, 6.07) is 3.40. The van der Waals surface area contributed by atoms with Crippen LogP contribution in [-0.4, -0.2) is 37.4 Å². The summed E-state index contributed by atoms with van der Waals surface area (Å²) >= 11 is 0. The Morgan fingerprint density at radius 2 is 2.00 bits per heavy atom. The average molecular weight is 296 g/mol. The SMILES string of the molecule is CCC[C@H](NC(=O)Nc1cc(OC)ccc1OC)C(=O)O. The molecule has 1 atom stereocenters. The summed E-state index contributed by atoms with van der Waals surface area (Å²) in [5.41, 5.74) is 0.398. The molecule has 0 heterocycles. The minimum absolute atomic E-state index is 0.359. The van der Waals surface area contributed by atoms with E-state index in [1.165, 1.54) is 14.2 Å². The van der Waals surface area contributed by atoms with E-state index >= 15 is 0 Å². The second kappa shape index (κ2) is 7.98. The summed E-state index contributed by atoms with van der Waals surface area (Å²) in [6.45, 7) is 1.85. The lowest BCUT2D eigenvalue weighted by molar-refractivity contribution is -0.139. The number of carbonyl (C=O) groups is 2. The van der Waals surface area contributed by atoms with Gasteiger partial charge in [0.25, 0.3) is 0 Å². The molecule has 1 rings (SSSR count). The Bertz CT molecular complexity index is 504. The predicted octanol–water partition coefficient (Wildman–Crippen LogP) is 2.08. The van der Waals surface area contributed by atoms with Gasteiger partial charge in [-0.3, -0.25) is 0 Å². The summed E-state index contributed by atoms with van der Waals surface area (Å²) in [5, 5.41) is 14.0. The topological polar surface area (TPSA) is 96.9 Å². The van der Waals surface area contributed by atoms with Crippen LogP contribution in [0.3, 0.4) is 0 Å². The summed E-state index contributed by atoms with van der Waals surface area (Å²) in [5.74, 6) is -0.0626. The molecule has 0 saturated heterocycles. The standard InChI is InChI=1S/C14H20N2O5/c1-4-5-10(13(17)18)15-14(19)16-11-8-9(20-2)6-7-12(11)21-3/h6-8,10H,4-5H2,1-3H3,(H,17,18)(H2,15,16,19)/t10-/m0/s1. The van der Waals surface area contributed by atoms with Crippen LogP contribution >= 0.6 is 0 Å². The van der Waals surface area contributed by atoms with E-state index in [0.29, 0.717) is 30.0 Å². The molecule has 0 aliphatic carbocycles. The minimum atomic E-state index is -1.07. The van der Waals surface area contributed by atoms with Crippen LogP contribution in [0.4, 0.5) is 10.5 Å². The monoisotopic (exact) mass is 296 g/mol. The van der Waals surface area contributed by atoms with Gasteiger partial charge < -0.3 is 25.2 Å². The third kappa shape index (κ3) is 4.87. The van der Waals surface area contributed by atoms with Crippen LogP contribution in [-0.2, 0) is 4.79 Å². The van der Waals surface area contributed by atoms with Crippen LogP contribution in [0.2, 0.25) is 0 Å². The van der Waals surface area contributed by atoms with Crippen molar-refractivity contribution in [1.29, 1.82) is 0 Å². The summed E-state index contributed by atoms with van der Waals surface area (Å²) in [6.07, 6.45) is 1.01. The zero-order chi connectivity index (χ0) is 15.8. The number of benzene rings is 1. The van der Waals surface area contributed by atoms with Gasteiger partial charge in [-0.1, -0.05) is 13.3 Å². The fraction of sp³-hybridized carbons (Fsp3) is 0.429. The Morgan fingerprint density at radius 3 is 2.52 bits per heavy atom. The van der Waals surface area contributed by atoms with Gasteiger partial charge in [-0.05, 0) is 18.6 Å². The molecule has 0 spiro atoms. The molecule has 7 heteroatoms. The maximum atomic E-state index is 11.9. The van der Waals surface area contributed by atoms with Gasteiger partial charge >= 0.3 is 12.0 Å². The number of methoxy groups -OCH3 is 2. The molecule has 3 N–H and O–H groups in total. The van der Waals surface area contributed by atoms with E-state index in [4.69, 9.17) is 14.6 Å². The highest BCUT2D eigenvalue weighted by molar-refractivity contribution is 5.93. The number of carboxylic acids is 1. The van der Waals surface area contributed by atoms with Gasteiger partial charge in [0, 0.05) is 6.07 Å². The van der Waals surface area contributed by atoms with Crippen LogP contribution in [0.15, 0.2) is 18.2 Å². The molecule has 0 aliphatic heterocycles. The molecule has 2 amide bonds. The van der Waals surface area contributed by atoms with Gasteiger partial charge in [-0.15, -0.1) is 0 Å². The molecule has 1 aromatic rings. The number of anilines is 1. The molecule has 0 aromatic heterocycles. The van der Waals surface area contributed by atoms with E-state index in [1.54, 1.807) is 18.2 Å². The van der Waals surface area contributed by atoms with Gasteiger partial charge in [0.1, 0.15) is 17.5 Å². The second-order valence-corrected chi connectivity index (χ2v) is 4.34. The summed E-state index contributed by atoms with van der Waals surface area (Å²) < 4.78 is 10.2. The number of urea groups is 1. The molecule has 0 radical (unpaired) electrons. The number of rotatable bonds is 7. The lowest BCUT2D eigenvalue weighted by Crippen LogP contribution is -2.42. The van der Waals surface area contributed by atoms with Crippen molar-refractivity contribution in [2.24, 2.45) is 0 Å². The lowest BCUT2D eigenvalue weighted by Gasteiger charge is -2.16. The number of nitrogens with one attached hydrogen (secondary N) is 2. The molecule has 0 aliphatic rings. The first-order chi connectivity index (χ1) is 10.0. The first-order valence-electron chi connectivity index (χ1n) is 6.54. The van der Waals surface area contributed by atoms with Crippen molar-refractivity contribution in [2.75, 3.05) is 19.5 Å². The van der Waals surface area contributed by atoms with Crippen LogP contribution in [0, 0.1) is 0 Å². The molecule has 116 valence electrons. The molecule has 7 nitrogen and oxygen atoms in total. The number of hydrogen-bond acceptors (Lipinski definition) is 4. The van der Waals surface area contributed by atoms with Crippen LogP contribution in [0.5, 0.6) is 11.5 Å². The maximum absolute atomic E-state index is 11.9. The molecule has 21 heavy (non-hydrogen) atoms. The zero-order valence-electron chi connectivity index (χ0n) is 12.3. The van der Waals surface area contributed by atoms with Crippen LogP contribution in [0.1, 0.15) is 19.8 Å². The van der Waals surface area contributed by atoms with E-state index in [1.807, 2.05) is 6.92 Å². The first-order valence-corrected chi connectivity index (χ1v) is 6.54. The largest absolute Gasteiger partial charge is 0.497 e. The molecular formula is C14H20N2O5. The molecule has 0 fully saturated rings. The number of aliphatic carboxylic acids is 1. The van der Waals surface area contributed by atoms with Gasteiger partial charge in [-0.2, -0.15) is 0 Å². The number of carboxylic acid groups (broad SMARTS) is 1. The Labute approximate surface area is 123 Å². The highest BCUT2D eigenvalue weighted by Gasteiger charge is 2.19. The van der Waals surface area contributed by atoms with E-state index in [-0.39, 0.29) is 0 Å². The quantitative estimate of drug-likeness (QED) is 0.715. The number of carbonyl (C=O) groups excluding carboxylic acids is 1. The van der Waals surface area contributed by atoms with Gasteiger partial charge in [0.15, 0.2) is 0 Å². The van der Waals surface area contributed by atoms with Gasteiger partial charge in [0.05, 0.1) is 19.9 Å². The average Bonchev–Trinajstić information content (AvgIpc) is 2.46. The first kappa shape index (κ1) is 16.6. The van der Waals surface area contributed by atoms with Crippen molar-refractivity contribution in [3.63, 3.8) is 0 Å². The summed E-state index contributed by atoms with van der Waals surface area (Å²) in [4.78, 5) is 22.9. The number of ether oxygens (including phenoxy) is 2. The van der Waals surface area contributed by atoms with E-state index < -0.39 is 18.0 Å². The van der Waals surface area contributed by atoms with Crippen LogP contribution < -0.4 is 20.1 Å². The lowest BCUT2D eigenvalue weighted by atomic mass is 10.2. The fourth-order valence-electron chi connectivity index (χ4n) is 1.77. The molecule has 0 bridgehead atoms. The van der Waals surface area contributed by atoms with Crippen molar-refractivity contribution >= 4 is 17.7 Å². The Kier molecular flexibility index (Phi) is 6.32. The smallest absolute Gasteiger partial charge is 0.326 e. The third-order valence-corrected chi connectivity index (χ3v) is 2.84.